The Labute approximate surface area is 254 Å². The third-order valence-electron chi connectivity index (χ3n) is 8.48. The topological polar surface area (TPSA) is 118 Å². The molecule has 2 aromatic heterocycles. The summed E-state index contributed by atoms with van der Waals surface area (Å²) in [5.74, 6) is 2.95. The molecule has 0 spiro atoms. The second-order valence-electron chi connectivity index (χ2n) is 10.9. The smallest absolute Gasteiger partial charge is 0.269 e. The molecule has 2 aliphatic rings. The van der Waals surface area contributed by atoms with Crippen LogP contribution in [0.25, 0.3) is 21.8 Å². The number of hydrogen-bond acceptors (Lipinski definition) is 8. The van der Waals surface area contributed by atoms with Crippen LogP contribution in [0.1, 0.15) is 29.2 Å². The zero-order valence-corrected chi connectivity index (χ0v) is 24.5. The van der Waals surface area contributed by atoms with Crippen LogP contribution in [-0.2, 0) is 22.3 Å². The first-order chi connectivity index (χ1) is 21.5. The van der Waals surface area contributed by atoms with Crippen molar-refractivity contribution in [3.05, 3.63) is 117 Å². The minimum Gasteiger partial charge on any atom is -0.493 e. The molecule has 0 fully saturated rings. The molecule has 0 amide bonds. The molecule has 0 radical (unpaired) electrons. The molecule has 44 heavy (non-hydrogen) atoms. The predicted molar refractivity (Wildman–Crippen MR) is 171 cm³/mol. The molecule has 0 bridgehead atoms. The van der Waals surface area contributed by atoms with Gasteiger partial charge in [0.2, 0.25) is 5.95 Å². The number of aromatic amines is 1. The summed E-state index contributed by atoms with van der Waals surface area (Å²) in [5, 5.41) is 17.0. The number of rotatable bonds is 9. The van der Waals surface area contributed by atoms with Gasteiger partial charge in [0.15, 0.2) is 11.5 Å². The highest BCUT2D eigenvalue weighted by atomic mass is 16.6. The van der Waals surface area contributed by atoms with E-state index in [1.165, 1.54) is 10.9 Å². The highest BCUT2D eigenvalue weighted by Crippen LogP contribution is 2.39. The van der Waals surface area contributed by atoms with Gasteiger partial charge in [-0.1, -0.05) is 30.3 Å². The monoisotopic (exact) mass is 588 g/mol. The molecule has 5 aromatic rings. The Morgan fingerprint density at radius 2 is 1.82 bits per heavy atom. The Balaban J connectivity index is 1.18. The Hall–Kier alpha value is -5.38. The van der Waals surface area contributed by atoms with Crippen LogP contribution >= 0.6 is 0 Å². The summed E-state index contributed by atoms with van der Waals surface area (Å²) < 4.78 is 11.1. The largest absolute Gasteiger partial charge is 0.493 e. The van der Waals surface area contributed by atoms with E-state index in [1.54, 1.807) is 26.4 Å². The van der Waals surface area contributed by atoms with Gasteiger partial charge >= 0.3 is 0 Å². The molecule has 7 rings (SSSR count). The summed E-state index contributed by atoms with van der Waals surface area (Å²) in [4.78, 5) is 26.6. The average molecular weight is 589 g/mol. The van der Waals surface area contributed by atoms with Gasteiger partial charge in [-0.15, -0.1) is 0 Å². The van der Waals surface area contributed by atoms with E-state index in [0.717, 1.165) is 63.5 Å². The molecule has 1 aliphatic heterocycles. The molecule has 10 heteroatoms. The van der Waals surface area contributed by atoms with Crippen LogP contribution in [0.3, 0.4) is 0 Å². The van der Waals surface area contributed by atoms with Gasteiger partial charge in [0, 0.05) is 58.8 Å². The van der Waals surface area contributed by atoms with Crippen molar-refractivity contribution in [1.29, 1.82) is 0 Å². The van der Waals surface area contributed by atoms with Crippen LogP contribution < -0.4 is 10.2 Å². The molecule has 0 saturated carbocycles. The number of nitrogens with zero attached hydrogens (tertiary/aromatic N) is 4. The number of fused-ring (bicyclic) bond motifs is 3. The van der Waals surface area contributed by atoms with Crippen molar-refractivity contribution >= 4 is 44.9 Å². The number of benzene rings is 3. The fourth-order valence-corrected chi connectivity index (χ4v) is 6.39. The van der Waals surface area contributed by atoms with E-state index in [9.17, 15) is 10.1 Å². The first kappa shape index (κ1) is 27.5. The predicted octanol–water partition coefficient (Wildman–Crippen LogP) is 6.92. The van der Waals surface area contributed by atoms with Crippen molar-refractivity contribution in [1.82, 2.24) is 15.0 Å². The van der Waals surface area contributed by atoms with E-state index < -0.39 is 0 Å². The molecular formula is C34H32N6O4. The number of hydrogen-bond donors (Lipinski definition) is 2. The van der Waals surface area contributed by atoms with Crippen molar-refractivity contribution in [2.75, 3.05) is 37.5 Å². The number of para-hydroxylation sites is 2. The lowest BCUT2D eigenvalue weighted by Crippen LogP contribution is -2.17. The van der Waals surface area contributed by atoms with Crippen LogP contribution in [0.2, 0.25) is 0 Å². The Bertz CT molecular complexity index is 1960. The number of methoxy groups -OCH3 is 2. The lowest BCUT2D eigenvalue weighted by molar-refractivity contribution is -0.384. The summed E-state index contributed by atoms with van der Waals surface area (Å²) in [6.07, 6.45) is 6.48. The number of nitrogens with one attached hydrogen (secondary N) is 2. The number of allylic oxidation sites excluding steroid dienone is 2. The zero-order chi connectivity index (χ0) is 30.2. The SMILES string of the molecule is COC1=CCC(c2[nH]c3ccccc3c2CCNc2nc(N3CCc4cc([N+](=O)[O-])ccc43)c3ccccc3n2)C=C1OC. The van der Waals surface area contributed by atoms with Crippen LogP contribution in [-0.4, -0.2) is 47.2 Å². The first-order valence-corrected chi connectivity index (χ1v) is 14.7. The summed E-state index contributed by atoms with van der Waals surface area (Å²) in [5.41, 5.74) is 6.34. The van der Waals surface area contributed by atoms with E-state index >= 15 is 0 Å². The quantitative estimate of drug-likeness (QED) is 0.141. The van der Waals surface area contributed by atoms with Crippen LogP contribution in [0.5, 0.6) is 0 Å². The number of anilines is 3. The van der Waals surface area contributed by atoms with Gasteiger partial charge in [-0.3, -0.25) is 10.1 Å². The molecule has 1 atom stereocenters. The standard InChI is InChI=1S/C34H32N6O4/c1-43-30-14-11-22(20-31(30)44-2)32-25(24-7-3-5-9-27(24)36-32)15-17-35-34-37-28-10-6-4-8-26(28)33(38-34)39-18-16-21-19-23(40(41)42)12-13-29(21)39/h3-10,12-14,19-20,22,36H,11,15-18H2,1-2H3,(H,35,37,38). The Kier molecular flexibility index (Phi) is 7.09. The fraction of sp³-hybridized carbons (Fsp3) is 0.235. The molecule has 1 aliphatic carbocycles. The summed E-state index contributed by atoms with van der Waals surface area (Å²) >= 11 is 0. The van der Waals surface area contributed by atoms with Crippen molar-refractivity contribution in [3.63, 3.8) is 0 Å². The van der Waals surface area contributed by atoms with Gasteiger partial charge in [0.05, 0.1) is 24.7 Å². The highest BCUT2D eigenvalue weighted by molar-refractivity contribution is 5.93. The van der Waals surface area contributed by atoms with Crippen molar-refractivity contribution in [2.45, 2.75) is 25.2 Å². The second-order valence-corrected chi connectivity index (χ2v) is 10.9. The Morgan fingerprint density at radius 1 is 1.02 bits per heavy atom. The minimum atomic E-state index is -0.348. The van der Waals surface area contributed by atoms with E-state index in [4.69, 9.17) is 19.4 Å². The molecule has 0 saturated heterocycles. The van der Waals surface area contributed by atoms with Gasteiger partial charge in [-0.05, 0) is 66.8 Å². The number of H-pyrrole nitrogens is 1. The highest BCUT2D eigenvalue weighted by Gasteiger charge is 2.27. The minimum absolute atomic E-state index is 0.106. The molecule has 1 unspecified atom stereocenters. The van der Waals surface area contributed by atoms with Crippen LogP contribution in [0, 0.1) is 10.1 Å². The molecule has 10 nitrogen and oxygen atoms in total. The van der Waals surface area contributed by atoms with Crippen LogP contribution in [0.15, 0.2) is 90.4 Å². The summed E-state index contributed by atoms with van der Waals surface area (Å²) in [6, 6.07) is 21.4. The first-order valence-electron chi connectivity index (χ1n) is 14.7. The van der Waals surface area contributed by atoms with Crippen LogP contribution in [0.4, 0.5) is 23.1 Å². The number of ether oxygens (including phenoxy) is 2. The molecular weight excluding hydrogens is 556 g/mol. The van der Waals surface area contributed by atoms with Gasteiger partial charge in [0.25, 0.3) is 5.69 Å². The average Bonchev–Trinajstić information content (AvgIpc) is 3.65. The maximum absolute atomic E-state index is 11.3. The number of non-ortho nitro benzene ring substituents is 1. The fourth-order valence-electron chi connectivity index (χ4n) is 6.39. The number of aromatic nitrogens is 3. The zero-order valence-electron chi connectivity index (χ0n) is 24.5. The van der Waals surface area contributed by atoms with Crippen molar-refractivity contribution in [3.8, 4) is 0 Å². The van der Waals surface area contributed by atoms with Gasteiger partial charge in [0.1, 0.15) is 5.82 Å². The van der Waals surface area contributed by atoms with E-state index in [-0.39, 0.29) is 16.5 Å². The lowest BCUT2D eigenvalue weighted by Gasteiger charge is -2.21. The van der Waals surface area contributed by atoms with Gasteiger partial charge in [-0.2, -0.15) is 4.98 Å². The third-order valence-corrected chi connectivity index (χ3v) is 8.48. The number of nitro groups is 1. The van der Waals surface area contributed by atoms with Gasteiger partial charge < -0.3 is 24.7 Å². The summed E-state index contributed by atoms with van der Waals surface area (Å²) in [6.45, 7) is 1.31. The van der Waals surface area contributed by atoms with E-state index in [1.807, 2.05) is 36.4 Å². The lowest BCUT2D eigenvalue weighted by atomic mass is 9.91. The van der Waals surface area contributed by atoms with E-state index in [2.05, 4.69) is 45.6 Å². The number of nitro benzene ring substituents is 1. The molecule has 222 valence electrons. The van der Waals surface area contributed by atoms with Crippen molar-refractivity contribution < 1.29 is 14.4 Å². The molecule has 3 heterocycles. The Morgan fingerprint density at radius 3 is 2.64 bits per heavy atom. The maximum Gasteiger partial charge on any atom is 0.269 e. The molecule has 2 N–H and O–H groups in total. The van der Waals surface area contributed by atoms with Crippen molar-refractivity contribution in [2.24, 2.45) is 0 Å². The normalized spacial score (nSPS) is 16.0. The third kappa shape index (κ3) is 4.88. The second kappa shape index (κ2) is 11.4. The van der Waals surface area contributed by atoms with E-state index in [0.29, 0.717) is 25.5 Å². The maximum atomic E-state index is 11.3. The van der Waals surface area contributed by atoms with Gasteiger partial charge in [-0.25, -0.2) is 4.98 Å². The summed E-state index contributed by atoms with van der Waals surface area (Å²) in [7, 11) is 3.33. The molecule has 3 aromatic carbocycles.